The SMILES string of the molecule is Cc1cccc([C@H](C)CNS(N)(=O)=O)c1. The fraction of sp³-hybridized carbons (Fsp3) is 0.400. The van der Waals surface area contributed by atoms with Crippen molar-refractivity contribution in [3.05, 3.63) is 35.4 Å². The average molecular weight is 228 g/mol. The maximum atomic E-state index is 10.7. The quantitative estimate of drug-likeness (QED) is 0.803. The molecular weight excluding hydrogens is 212 g/mol. The van der Waals surface area contributed by atoms with Crippen LogP contribution in [0.2, 0.25) is 0 Å². The Kier molecular flexibility index (Phi) is 3.84. The minimum absolute atomic E-state index is 0.114. The topological polar surface area (TPSA) is 72.2 Å². The first-order valence-corrected chi connectivity index (χ1v) is 6.27. The highest BCUT2D eigenvalue weighted by molar-refractivity contribution is 7.87. The largest absolute Gasteiger partial charge is 0.274 e. The maximum Gasteiger partial charge on any atom is 0.274 e. The summed E-state index contributed by atoms with van der Waals surface area (Å²) in [7, 11) is -3.59. The molecule has 0 aromatic heterocycles. The molecular formula is C10H16N2O2S. The minimum Gasteiger partial charge on any atom is -0.216 e. The lowest BCUT2D eigenvalue weighted by Crippen LogP contribution is -2.33. The molecule has 0 aliphatic rings. The summed E-state index contributed by atoms with van der Waals surface area (Å²) in [6, 6.07) is 7.97. The summed E-state index contributed by atoms with van der Waals surface area (Å²) < 4.78 is 23.7. The number of rotatable bonds is 4. The molecule has 0 bridgehead atoms. The van der Waals surface area contributed by atoms with Crippen LogP contribution in [0.15, 0.2) is 24.3 Å². The van der Waals surface area contributed by atoms with Crippen LogP contribution >= 0.6 is 0 Å². The van der Waals surface area contributed by atoms with Gasteiger partial charge in [-0.25, -0.2) is 9.86 Å². The molecule has 5 heteroatoms. The van der Waals surface area contributed by atoms with Crippen LogP contribution in [0.4, 0.5) is 0 Å². The second-order valence-corrected chi connectivity index (χ2v) is 5.09. The molecule has 1 rings (SSSR count). The van der Waals surface area contributed by atoms with Gasteiger partial charge in [0.05, 0.1) is 0 Å². The molecule has 0 heterocycles. The van der Waals surface area contributed by atoms with Crippen molar-refractivity contribution < 1.29 is 8.42 Å². The van der Waals surface area contributed by atoms with Gasteiger partial charge < -0.3 is 0 Å². The summed E-state index contributed by atoms with van der Waals surface area (Å²) in [5.41, 5.74) is 2.26. The molecule has 1 atom stereocenters. The first kappa shape index (κ1) is 12.2. The monoisotopic (exact) mass is 228 g/mol. The predicted octanol–water partition coefficient (Wildman–Crippen LogP) is 0.892. The molecule has 0 saturated carbocycles. The molecule has 0 saturated heterocycles. The van der Waals surface area contributed by atoms with Gasteiger partial charge in [-0.2, -0.15) is 8.42 Å². The third kappa shape index (κ3) is 4.42. The van der Waals surface area contributed by atoms with Crippen molar-refractivity contribution in [3.63, 3.8) is 0 Å². The zero-order valence-corrected chi connectivity index (χ0v) is 9.71. The Hall–Kier alpha value is -0.910. The summed E-state index contributed by atoms with van der Waals surface area (Å²) >= 11 is 0. The summed E-state index contributed by atoms with van der Waals surface area (Å²) in [5.74, 6) is 0.114. The van der Waals surface area contributed by atoms with Crippen LogP contribution in [0, 0.1) is 6.92 Å². The summed E-state index contributed by atoms with van der Waals surface area (Å²) in [4.78, 5) is 0. The van der Waals surface area contributed by atoms with E-state index in [1.54, 1.807) is 0 Å². The van der Waals surface area contributed by atoms with Gasteiger partial charge in [-0.05, 0) is 18.4 Å². The van der Waals surface area contributed by atoms with Crippen LogP contribution in [0.1, 0.15) is 24.0 Å². The summed E-state index contributed by atoms with van der Waals surface area (Å²) in [6.07, 6.45) is 0. The van der Waals surface area contributed by atoms with E-state index in [4.69, 9.17) is 5.14 Å². The number of nitrogens with one attached hydrogen (secondary N) is 1. The van der Waals surface area contributed by atoms with Gasteiger partial charge in [0.2, 0.25) is 0 Å². The van der Waals surface area contributed by atoms with Crippen LogP contribution in [-0.4, -0.2) is 15.0 Å². The molecule has 3 N–H and O–H groups in total. The summed E-state index contributed by atoms with van der Waals surface area (Å²) in [6.45, 7) is 4.28. The van der Waals surface area contributed by atoms with E-state index in [0.29, 0.717) is 6.54 Å². The fourth-order valence-corrected chi connectivity index (χ4v) is 1.82. The van der Waals surface area contributed by atoms with Crippen molar-refractivity contribution in [2.45, 2.75) is 19.8 Å². The molecule has 0 aliphatic carbocycles. The van der Waals surface area contributed by atoms with Crippen molar-refractivity contribution in [1.82, 2.24) is 4.72 Å². The van der Waals surface area contributed by atoms with E-state index in [1.807, 2.05) is 38.1 Å². The van der Waals surface area contributed by atoms with Crippen molar-refractivity contribution in [3.8, 4) is 0 Å². The van der Waals surface area contributed by atoms with Crippen molar-refractivity contribution in [1.29, 1.82) is 0 Å². The van der Waals surface area contributed by atoms with Crippen LogP contribution < -0.4 is 9.86 Å². The molecule has 0 aliphatic heterocycles. The maximum absolute atomic E-state index is 10.7. The number of nitrogens with two attached hydrogens (primary N) is 1. The van der Waals surface area contributed by atoms with Gasteiger partial charge in [0, 0.05) is 6.54 Å². The second-order valence-electron chi connectivity index (χ2n) is 3.71. The van der Waals surface area contributed by atoms with Crippen molar-refractivity contribution in [2.24, 2.45) is 5.14 Å². The molecule has 1 aromatic rings. The van der Waals surface area contributed by atoms with Crippen LogP contribution in [0.25, 0.3) is 0 Å². The zero-order valence-electron chi connectivity index (χ0n) is 8.90. The molecule has 0 amide bonds. The number of aryl methyl sites for hydroxylation is 1. The van der Waals surface area contributed by atoms with E-state index in [0.717, 1.165) is 11.1 Å². The van der Waals surface area contributed by atoms with Crippen LogP contribution in [0.3, 0.4) is 0 Å². The van der Waals surface area contributed by atoms with E-state index in [9.17, 15) is 8.42 Å². The first-order chi connectivity index (χ1) is 6.88. The Morgan fingerprint density at radius 3 is 2.67 bits per heavy atom. The van der Waals surface area contributed by atoms with Crippen molar-refractivity contribution >= 4 is 10.2 Å². The van der Waals surface area contributed by atoms with Crippen molar-refractivity contribution in [2.75, 3.05) is 6.54 Å². The fourth-order valence-electron chi connectivity index (χ4n) is 1.34. The molecule has 0 fully saturated rings. The van der Waals surface area contributed by atoms with Gasteiger partial charge in [-0.1, -0.05) is 36.8 Å². The van der Waals surface area contributed by atoms with E-state index in [-0.39, 0.29) is 5.92 Å². The molecule has 84 valence electrons. The third-order valence-corrected chi connectivity index (χ3v) is 2.77. The third-order valence-electron chi connectivity index (χ3n) is 2.20. The Labute approximate surface area is 90.7 Å². The van der Waals surface area contributed by atoms with Crippen LogP contribution in [-0.2, 0) is 10.2 Å². The smallest absolute Gasteiger partial charge is 0.216 e. The highest BCUT2D eigenvalue weighted by Gasteiger charge is 2.08. The number of hydrogen-bond acceptors (Lipinski definition) is 2. The van der Waals surface area contributed by atoms with E-state index in [1.165, 1.54) is 0 Å². The van der Waals surface area contributed by atoms with Gasteiger partial charge in [-0.15, -0.1) is 0 Å². The molecule has 0 radical (unpaired) electrons. The lowest BCUT2D eigenvalue weighted by Gasteiger charge is -2.12. The van der Waals surface area contributed by atoms with Gasteiger partial charge in [0.25, 0.3) is 10.2 Å². The Bertz CT molecular complexity index is 429. The lowest BCUT2D eigenvalue weighted by molar-refractivity contribution is 0.576. The standard InChI is InChI=1S/C10H16N2O2S/c1-8-4-3-5-10(6-8)9(2)7-12-15(11,13)14/h3-6,9,12H,7H2,1-2H3,(H2,11,13,14)/t9-/m1/s1. The minimum atomic E-state index is -3.59. The summed E-state index contributed by atoms with van der Waals surface area (Å²) in [5, 5.41) is 4.85. The average Bonchev–Trinajstić information content (AvgIpc) is 2.13. The molecule has 15 heavy (non-hydrogen) atoms. The van der Waals surface area contributed by atoms with E-state index < -0.39 is 10.2 Å². The molecule has 0 spiro atoms. The molecule has 0 unspecified atom stereocenters. The van der Waals surface area contributed by atoms with Gasteiger partial charge in [0.15, 0.2) is 0 Å². The highest BCUT2D eigenvalue weighted by atomic mass is 32.2. The highest BCUT2D eigenvalue weighted by Crippen LogP contribution is 2.15. The van der Waals surface area contributed by atoms with Gasteiger partial charge in [-0.3, -0.25) is 0 Å². The molecule has 1 aromatic carbocycles. The number of benzene rings is 1. The Balaban J connectivity index is 2.65. The predicted molar refractivity (Wildman–Crippen MR) is 60.7 cm³/mol. The lowest BCUT2D eigenvalue weighted by atomic mass is 10.00. The van der Waals surface area contributed by atoms with Crippen LogP contribution in [0.5, 0.6) is 0 Å². The zero-order chi connectivity index (χ0) is 11.5. The Morgan fingerprint density at radius 2 is 2.13 bits per heavy atom. The second kappa shape index (κ2) is 4.74. The number of hydrogen-bond donors (Lipinski definition) is 2. The van der Waals surface area contributed by atoms with Gasteiger partial charge in [0.1, 0.15) is 0 Å². The van der Waals surface area contributed by atoms with E-state index >= 15 is 0 Å². The van der Waals surface area contributed by atoms with E-state index in [2.05, 4.69) is 4.72 Å². The Morgan fingerprint density at radius 1 is 1.47 bits per heavy atom. The van der Waals surface area contributed by atoms with Gasteiger partial charge >= 0.3 is 0 Å². The first-order valence-electron chi connectivity index (χ1n) is 4.72. The molecule has 4 nitrogen and oxygen atoms in total. The normalized spacial score (nSPS) is 13.8.